The number of carbonyl (C=O) groups excluding carboxylic acids is 1. The first-order valence-corrected chi connectivity index (χ1v) is 9.62. The number of carbonyl (C=O) groups is 1. The Morgan fingerprint density at radius 1 is 1.26 bits per heavy atom. The maximum atomic E-state index is 13.1. The van der Waals surface area contributed by atoms with E-state index in [9.17, 15) is 4.79 Å². The summed E-state index contributed by atoms with van der Waals surface area (Å²) in [6.07, 6.45) is 0.891. The minimum Gasteiger partial charge on any atom is -0.497 e. The zero-order valence-electron chi connectivity index (χ0n) is 17.0. The van der Waals surface area contributed by atoms with E-state index in [-0.39, 0.29) is 11.9 Å². The standard InChI is InChI=1S/C21H30N4O2/c1-15(2)12-17-13-20(23(4)22-17)21(26)25-11-10-24(14-16(25)3)18-6-8-19(27-5)9-7-18/h6-9,13,15-16H,10-12,14H2,1-5H3. The quantitative estimate of drug-likeness (QED) is 0.812. The van der Waals surface area contributed by atoms with Crippen molar-refractivity contribution in [1.82, 2.24) is 14.7 Å². The molecule has 1 aromatic carbocycles. The van der Waals surface area contributed by atoms with Gasteiger partial charge in [-0.05, 0) is 49.6 Å². The predicted octanol–water partition coefficient (Wildman–Crippen LogP) is 2.98. The van der Waals surface area contributed by atoms with Crippen molar-refractivity contribution < 1.29 is 9.53 Å². The third kappa shape index (κ3) is 4.26. The molecule has 0 aliphatic carbocycles. The molecule has 1 amide bonds. The summed E-state index contributed by atoms with van der Waals surface area (Å²) < 4.78 is 6.96. The van der Waals surface area contributed by atoms with Crippen molar-refractivity contribution in [3.8, 4) is 5.75 Å². The van der Waals surface area contributed by atoms with E-state index in [4.69, 9.17) is 4.74 Å². The van der Waals surface area contributed by atoms with Gasteiger partial charge in [-0.15, -0.1) is 0 Å². The molecule has 1 unspecified atom stereocenters. The monoisotopic (exact) mass is 370 g/mol. The van der Waals surface area contributed by atoms with Crippen LogP contribution in [0.4, 0.5) is 5.69 Å². The molecule has 1 aromatic heterocycles. The highest BCUT2D eigenvalue weighted by molar-refractivity contribution is 5.93. The highest BCUT2D eigenvalue weighted by Gasteiger charge is 2.30. The molecular weight excluding hydrogens is 340 g/mol. The maximum absolute atomic E-state index is 13.1. The highest BCUT2D eigenvalue weighted by atomic mass is 16.5. The third-order valence-corrected chi connectivity index (χ3v) is 5.09. The Morgan fingerprint density at radius 3 is 2.56 bits per heavy atom. The van der Waals surface area contributed by atoms with Crippen LogP contribution in [0.15, 0.2) is 30.3 Å². The van der Waals surface area contributed by atoms with Crippen LogP contribution in [0.5, 0.6) is 5.75 Å². The first-order valence-electron chi connectivity index (χ1n) is 9.62. The molecule has 1 aliphatic heterocycles. The van der Waals surface area contributed by atoms with E-state index < -0.39 is 0 Å². The molecule has 1 aliphatic rings. The smallest absolute Gasteiger partial charge is 0.272 e. The van der Waals surface area contributed by atoms with Gasteiger partial charge in [0.2, 0.25) is 0 Å². The van der Waals surface area contributed by atoms with Gasteiger partial charge in [0.1, 0.15) is 11.4 Å². The fourth-order valence-corrected chi connectivity index (χ4v) is 3.68. The lowest BCUT2D eigenvalue weighted by Gasteiger charge is -2.41. The molecule has 0 spiro atoms. The van der Waals surface area contributed by atoms with Crippen LogP contribution >= 0.6 is 0 Å². The van der Waals surface area contributed by atoms with Gasteiger partial charge in [0.15, 0.2) is 0 Å². The molecule has 1 fully saturated rings. The van der Waals surface area contributed by atoms with Crippen molar-refractivity contribution >= 4 is 11.6 Å². The van der Waals surface area contributed by atoms with E-state index in [2.05, 4.69) is 42.9 Å². The summed E-state index contributed by atoms with van der Waals surface area (Å²) in [6, 6.07) is 10.2. The summed E-state index contributed by atoms with van der Waals surface area (Å²) in [7, 11) is 3.53. The van der Waals surface area contributed by atoms with Gasteiger partial charge in [-0.1, -0.05) is 13.8 Å². The number of anilines is 1. The number of piperazine rings is 1. The van der Waals surface area contributed by atoms with E-state index in [0.29, 0.717) is 18.2 Å². The van der Waals surface area contributed by atoms with Gasteiger partial charge in [0.05, 0.1) is 12.8 Å². The molecule has 0 bridgehead atoms. The summed E-state index contributed by atoms with van der Waals surface area (Å²) in [5.74, 6) is 1.45. The average Bonchev–Trinajstić information content (AvgIpc) is 3.00. The molecule has 1 saturated heterocycles. The number of benzene rings is 1. The summed E-state index contributed by atoms with van der Waals surface area (Å²) in [4.78, 5) is 17.4. The van der Waals surface area contributed by atoms with Gasteiger partial charge in [-0.2, -0.15) is 5.10 Å². The minimum absolute atomic E-state index is 0.0712. The normalized spacial score (nSPS) is 17.5. The third-order valence-electron chi connectivity index (χ3n) is 5.09. The number of methoxy groups -OCH3 is 1. The van der Waals surface area contributed by atoms with Gasteiger partial charge >= 0.3 is 0 Å². The molecule has 2 aromatic rings. The number of amides is 1. The van der Waals surface area contributed by atoms with Crippen molar-refractivity contribution in [2.75, 3.05) is 31.6 Å². The van der Waals surface area contributed by atoms with Gasteiger partial charge in [0, 0.05) is 38.4 Å². The van der Waals surface area contributed by atoms with Gasteiger partial charge in [-0.3, -0.25) is 9.48 Å². The molecule has 6 heteroatoms. The molecule has 146 valence electrons. The minimum atomic E-state index is 0.0712. The average molecular weight is 370 g/mol. The second kappa shape index (κ2) is 8.03. The Morgan fingerprint density at radius 2 is 1.96 bits per heavy atom. The van der Waals surface area contributed by atoms with Crippen LogP contribution in [-0.4, -0.2) is 53.4 Å². The topological polar surface area (TPSA) is 50.6 Å². The first-order chi connectivity index (χ1) is 12.9. The number of ether oxygens (including phenoxy) is 1. The molecule has 2 heterocycles. The largest absolute Gasteiger partial charge is 0.497 e. The van der Waals surface area contributed by atoms with Crippen LogP contribution in [0.25, 0.3) is 0 Å². The summed E-state index contributed by atoms with van der Waals surface area (Å²) in [5.41, 5.74) is 2.82. The highest BCUT2D eigenvalue weighted by Crippen LogP contribution is 2.23. The number of aryl methyl sites for hydroxylation is 1. The van der Waals surface area contributed by atoms with E-state index in [1.54, 1.807) is 11.8 Å². The number of hydrogen-bond donors (Lipinski definition) is 0. The first kappa shape index (κ1) is 19.3. The molecule has 1 atom stereocenters. The lowest BCUT2D eigenvalue weighted by Crippen LogP contribution is -2.54. The van der Waals surface area contributed by atoms with E-state index in [1.807, 2.05) is 30.1 Å². The van der Waals surface area contributed by atoms with Crippen molar-refractivity contribution in [2.45, 2.75) is 33.2 Å². The number of nitrogens with zero attached hydrogens (tertiary/aromatic N) is 4. The Hall–Kier alpha value is -2.50. The molecule has 27 heavy (non-hydrogen) atoms. The SMILES string of the molecule is COc1ccc(N2CCN(C(=O)c3cc(CC(C)C)nn3C)C(C)C2)cc1. The number of rotatable bonds is 5. The Bertz CT molecular complexity index is 782. The van der Waals surface area contributed by atoms with Crippen molar-refractivity contribution in [1.29, 1.82) is 0 Å². The Labute approximate surface area is 161 Å². The summed E-state index contributed by atoms with van der Waals surface area (Å²) >= 11 is 0. The van der Waals surface area contributed by atoms with Crippen LogP contribution in [0.2, 0.25) is 0 Å². The van der Waals surface area contributed by atoms with Crippen LogP contribution in [-0.2, 0) is 13.5 Å². The predicted molar refractivity (Wildman–Crippen MR) is 107 cm³/mol. The lowest BCUT2D eigenvalue weighted by atomic mass is 10.1. The van der Waals surface area contributed by atoms with Crippen LogP contribution < -0.4 is 9.64 Å². The number of hydrogen-bond acceptors (Lipinski definition) is 4. The van der Waals surface area contributed by atoms with Crippen LogP contribution in [0.3, 0.4) is 0 Å². The molecule has 3 rings (SSSR count). The van der Waals surface area contributed by atoms with Crippen molar-refractivity contribution in [3.05, 3.63) is 41.7 Å². The Balaban J connectivity index is 1.68. The summed E-state index contributed by atoms with van der Waals surface area (Å²) in [5, 5.41) is 4.52. The zero-order valence-corrected chi connectivity index (χ0v) is 17.0. The van der Waals surface area contributed by atoms with Gasteiger partial charge < -0.3 is 14.5 Å². The van der Waals surface area contributed by atoms with E-state index in [1.165, 1.54) is 0 Å². The molecule has 0 radical (unpaired) electrons. The zero-order chi connectivity index (χ0) is 19.6. The lowest BCUT2D eigenvalue weighted by molar-refractivity contribution is 0.0663. The fraction of sp³-hybridized carbons (Fsp3) is 0.524. The van der Waals surface area contributed by atoms with Crippen LogP contribution in [0.1, 0.15) is 37.0 Å². The fourth-order valence-electron chi connectivity index (χ4n) is 3.68. The van der Waals surface area contributed by atoms with Crippen molar-refractivity contribution in [3.63, 3.8) is 0 Å². The number of aromatic nitrogens is 2. The second-order valence-corrected chi connectivity index (χ2v) is 7.73. The maximum Gasteiger partial charge on any atom is 0.272 e. The van der Waals surface area contributed by atoms with E-state index >= 15 is 0 Å². The Kier molecular flexibility index (Phi) is 5.73. The molecule has 6 nitrogen and oxygen atoms in total. The van der Waals surface area contributed by atoms with Gasteiger partial charge in [0.25, 0.3) is 5.91 Å². The summed E-state index contributed by atoms with van der Waals surface area (Å²) in [6.45, 7) is 8.77. The molecular formula is C21H30N4O2. The van der Waals surface area contributed by atoms with Crippen molar-refractivity contribution in [2.24, 2.45) is 13.0 Å². The van der Waals surface area contributed by atoms with E-state index in [0.717, 1.165) is 36.6 Å². The van der Waals surface area contributed by atoms with Crippen LogP contribution in [0, 0.1) is 5.92 Å². The van der Waals surface area contributed by atoms with Gasteiger partial charge in [-0.25, -0.2) is 0 Å². The second-order valence-electron chi connectivity index (χ2n) is 7.73. The molecule has 0 N–H and O–H groups in total. The molecule has 0 saturated carbocycles.